The molecule has 13 heavy (non-hydrogen) atoms. The fourth-order valence-electron chi connectivity index (χ4n) is 2.38. The van der Waals surface area contributed by atoms with Gasteiger partial charge in [0.25, 0.3) is 0 Å². The normalized spacial score (nSPS) is 23.1. The standard InChI is InChI=1S/C10H23NOSi/c1-13(2,3)9-10(8-11)4-6-12-7-5-10/h4-9,11H2,1-3H3. The summed E-state index contributed by atoms with van der Waals surface area (Å²) in [6, 6.07) is 1.36. The molecule has 0 radical (unpaired) electrons. The quantitative estimate of drug-likeness (QED) is 0.710. The van der Waals surface area contributed by atoms with Crippen LogP contribution >= 0.6 is 0 Å². The maximum absolute atomic E-state index is 5.91. The van der Waals surface area contributed by atoms with Gasteiger partial charge < -0.3 is 10.5 Å². The van der Waals surface area contributed by atoms with Crippen molar-refractivity contribution in [1.29, 1.82) is 0 Å². The summed E-state index contributed by atoms with van der Waals surface area (Å²) in [6.45, 7) is 9.98. The Balaban J connectivity index is 2.57. The lowest BCUT2D eigenvalue weighted by molar-refractivity contribution is 0.0275. The van der Waals surface area contributed by atoms with E-state index in [2.05, 4.69) is 19.6 Å². The number of nitrogens with two attached hydrogens (primary N) is 1. The van der Waals surface area contributed by atoms with Crippen molar-refractivity contribution in [2.24, 2.45) is 11.1 Å². The van der Waals surface area contributed by atoms with Crippen LogP contribution in [0.15, 0.2) is 0 Å². The van der Waals surface area contributed by atoms with Gasteiger partial charge in [0.1, 0.15) is 0 Å². The van der Waals surface area contributed by atoms with E-state index >= 15 is 0 Å². The predicted octanol–water partition coefficient (Wildman–Crippen LogP) is 2.08. The molecule has 0 atom stereocenters. The molecular formula is C10H23NOSi. The van der Waals surface area contributed by atoms with Gasteiger partial charge in [0.15, 0.2) is 0 Å². The van der Waals surface area contributed by atoms with E-state index in [1.54, 1.807) is 0 Å². The fourth-order valence-corrected chi connectivity index (χ4v) is 5.13. The highest BCUT2D eigenvalue weighted by Gasteiger charge is 2.35. The Morgan fingerprint density at radius 2 is 1.77 bits per heavy atom. The molecule has 0 saturated carbocycles. The van der Waals surface area contributed by atoms with Crippen molar-refractivity contribution in [3.05, 3.63) is 0 Å². The summed E-state index contributed by atoms with van der Waals surface area (Å²) in [5.41, 5.74) is 6.33. The van der Waals surface area contributed by atoms with E-state index in [9.17, 15) is 0 Å². The fraction of sp³-hybridized carbons (Fsp3) is 1.00. The average Bonchev–Trinajstić information content (AvgIpc) is 2.03. The molecule has 0 bridgehead atoms. The van der Waals surface area contributed by atoms with Crippen molar-refractivity contribution in [3.63, 3.8) is 0 Å². The average molecular weight is 201 g/mol. The van der Waals surface area contributed by atoms with Crippen LogP contribution in [0, 0.1) is 5.41 Å². The van der Waals surface area contributed by atoms with Crippen molar-refractivity contribution in [3.8, 4) is 0 Å². The predicted molar refractivity (Wildman–Crippen MR) is 59.7 cm³/mol. The van der Waals surface area contributed by atoms with Crippen LogP contribution in [0.25, 0.3) is 0 Å². The molecule has 0 unspecified atom stereocenters. The zero-order valence-corrected chi connectivity index (χ0v) is 10.2. The monoisotopic (exact) mass is 201 g/mol. The first kappa shape index (κ1) is 11.2. The molecule has 1 aliphatic heterocycles. The third-order valence-electron chi connectivity index (χ3n) is 2.89. The maximum Gasteiger partial charge on any atom is 0.0471 e. The maximum atomic E-state index is 5.91. The van der Waals surface area contributed by atoms with Gasteiger partial charge >= 0.3 is 0 Å². The first-order valence-electron chi connectivity index (χ1n) is 5.25. The second-order valence-electron chi connectivity index (χ2n) is 5.55. The second-order valence-corrected chi connectivity index (χ2v) is 11.0. The first-order valence-corrected chi connectivity index (χ1v) is 8.96. The van der Waals surface area contributed by atoms with E-state index in [-0.39, 0.29) is 0 Å². The number of hydrogen-bond acceptors (Lipinski definition) is 2. The van der Waals surface area contributed by atoms with Gasteiger partial charge in [-0.05, 0) is 24.8 Å². The van der Waals surface area contributed by atoms with Gasteiger partial charge in [-0.1, -0.05) is 25.7 Å². The zero-order chi connectivity index (χ0) is 9.95. The smallest absolute Gasteiger partial charge is 0.0471 e. The summed E-state index contributed by atoms with van der Waals surface area (Å²) in [5.74, 6) is 0. The molecule has 2 N–H and O–H groups in total. The Morgan fingerprint density at radius 3 is 2.15 bits per heavy atom. The van der Waals surface area contributed by atoms with Crippen LogP contribution < -0.4 is 5.73 Å². The van der Waals surface area contributed by atoms with Gasteiger partial charge in [0.05, 0.1) is 0 Å². The van der Waals surface area contributed by atoms with Gasteiger partial charge in [0, 0.05) is 21.3 Å². The molecule has 0 spiro atoms. The van der Waals surface area contributed by atoms with Crippen LogP contribution in [0.1, 0.15) is 12.8 Å². The van der Waals surface area contributed by atoms with Gasteiger partial charge in [0.2, 0.25) is 0 Å². The molecule has 0 aromatic rings. The molecule has 2 nitrogen and oxygen atoms in total. The largest absolute Gasteiger partial charge is 0.381 e. The van der Waals surface area contributed by atoms with E-state index in [4.69, 9.17) is 10.5 Å². The van der Waals surface area contributed by atoms with E-state index in [1.807, 2.05) is 0 Å². The Bertz CT molecular complexity index is 159. The third kappa shape index (κ3) is 3.41. The van der Waals surface area contributed by atoms with Crippen molar-refractivity contribution in [2.75, 3.05) is 19.8 Å². The van der Waals surface area contributed by atoms with Gasteiger partial charge in [-0.3, -0.25) is 0 Å². The van der Waals surface area contributed by atoms with Crippen molar-refractivity contribution >= 4 is 8.07 Å². The Kier molecular flexibility index (Phi) is 3.55. The Labute approximate surface area is 82.9 Å². The minimum atomic E-state index is -0.973. The van der Waals surface area contributed by atoms with Gasteiger partial charge in [-0.2, -0.15) is 0 Å². The Morgan fingerprint density at radius 1 is 1.23 bits per heavy atom. The molecule has 1 saturated heterocycles. The molecule has 0 amide bonds. The van der Waals surface area contributed by atoms with Crippen molar-refractivity contribution < 1.29 is 4.74 Å². The van der Waals surface area contributed by atoms with Gasteiger partial charge in [-0.15, -0.1) is 0 Å². The van der Waals surface area contributed by atoms with Crippen LogP contribution in [-0.2, 0) is 4.74 Å². The molecule has 1 heterocycles. The third-order valence-corrected chi connectivity index (χ3v) is 4.70. The molecule has 1 rings (SSSR count). The molecular weight excluding hydrogens is 178 g/mol. The summed E-state index contributed by atoms with van der Waals surface area (Å²) in [7, 11) is -0.973. The molecule has 0 aliphatic carbocycles. The second kappa shape index (κ2) is 4.11. The van der Waals surface area contributed by atoms with Crippen LogP contribution in [0.3, 0.4) is 0 Å². The first-order chi connectivity index (χ1) is 5.97. The molecule has 1 fully saturated rings. The highest BCUT2D eigenvalue weighted by Crippen LogP contribution is 2.37. The lowest BCUT2D eigenvalue weighted by Gasteiger charge is -2.40. The minimum Gasteiger partial charge on any atom is -0.381 e. The van der Waals surface area contributed by atoms with Crippen LogP contribution in [-0.4, -0.2) is 27.8 Å². The summed E-state index contributed by atoms with van der Waals surface area (Å²) in [4.78, 5) is 0. The summed E-state index contributed by atoms with van der Waals surface area (Å²) in [6.07, 6.45) is 2.35. The zero-order valence-electron chi connectivity index (χ0n) is 9.23. The molecule has 1 aliphatic rings. The summed E-state index contributed by atoms with van der Waals surface area (Å²) < 4.78 is 5.40. The van der Waals surface area contributed by atoms with Crippen molar-refractivity contribution in [2.45, 2.75) is 38.5 Å². The van der Waals surface area contributed by atoms with Crippen LogP contribution in [0.4, 0.5) is 0 Å². The lowest BCUT2D eigenvalue weighted by atomic mass is 9.82. The van der Waals surface area contributed by atoms with E-state index in [0.717, 1.165) is 19.8 Å². The molecule has 78 valence electrons. The Hall–Kier alpha value is 0.137. The highest BCUT2D eigenvalue weighted by atomic mass is 28.3. The lowest BCUT2D eigenvalue weighted by Crippen LogP contribution is -2.42. The van der Waals surface area contributed by atoms with E-state index in [1.165, 1.54) is 18.9 Å². The highest BCUT2D eigenvalue weighted by molar-refractivity contribution is 6.76. The van der Waals surface area contributed by atoms with E-state index in [0.29, 0.717) is 5.41 Å². The summed E-state index contributed by atoms with van der Waals surface area (Å²) in [5, 5.41) is 0. The number of rotatable bonds is 3. The van der Waals surface area contributed by atoms with Crippen molar-refractivity contribution in [1.82, 2.24) is 0 Å². The molecule has 0 aromatic carbocycles. The number of hydrogen-bond donors (Lipinski definition) is 1. The SMILES string of the molecule is C[Si](C)(C)CC1(CN)CCOCC1. The topological polar surface area (TPSA) is 35.2 Å². The van der Waals surface area contributed by atoms with E-state index < -0.39 is 8.07 Å². The summed E-state index contributed by atoms with van der Waals surface area (Å²) >= 11 is 0. The molecule has 0 aromatic heterocycles. The minimum absolute atomic E-state index is 0.419. The van der Waals surface area contributed by atoms with Crippen LogP contribution in [0.2, 0.25) is 25.7 Å². The van der Waals surface area contributed by atoms with Crippen LogP contribution in [0.5, 0.6) is 0 Å². The molecule has 3 heteroatoms. The number of ether oxygens (including phenoxy) is 1. The van der Waals surface area contributed by atoms with Gasteiger partial charge in [-0.25, -0.2) is 0 Å².